The molecule has 9 heteroatoms. The fourth-order valence-corrected chi connectivity index (χ4v) is 5.28. The minimum absolute atomic E-state index is 0.161. The summed E-state index contributed by atoms with van der Waals surface area (Å²) in [5.41, 5.74) is 0.604. The lowest BCUT2D eigenvalue weighted by Gasteiger charge is -2.31. The molecule has 2 aliphatic heterocycles. The monoisotopic (exact) mass is 480 g/mol. The Morgan fingerprint density at radius 3 is 2.55 bits per heavy atom. The number of ether oxygens (including phenoxy) is 2. The maximum atomic E-state index is 12.9. The lowest BCUT2D eigenvalue weighted by atomic mass is 9.98. The van der Waals surface area contributed by atoms with E-state index >= 15 is 0 Å². The zero-order chi connectivity index (χ0) is 20.4. The van der Waals surface area contributed by atoms with E-state index in [9.17, 15) is 13.2 Å². The summed E-state index contributed by atoms with van der Waals surface area (Å²) in [7, 11) is -3.63. The number of halogens is 1. The first-order valence-corrected chi connectivity index (χ1v) is 11.6. The molecule has 0 aliphatic carbocycles. The molecule has 0 unspecified atom stereocenters. The van der Waals surface area contributed by atoms with Crippen LogP contribution in [0.5, 0.6) is 11.5 Å². The van der Waals surface area contributed by atoms with E-state index in [0.29, 0.717) is 49.8 Å². The Bertz CT molecular complexity index is 1010. The maximum absolute atomic E-state index is 12.9. The van der Waals surface area contributed by atoms with E-state index in [2.05, 4.69) is 21.2 Å². The summed E-state index contributed by atoms with van der Waals surface area (Å²) >= 11 is 3.31. The summed E-state index contributed by atoms with van der Waals surface area (Å²) in [6, 6.07) is 11.8. The Kier molecular flexibility index (Phi) is 5.80. The van der Waals surface area contributed by atoms with Gasteiger partial charge in [0.2, 0.25) is 15.9 Å². The molecule has 154 valence electrons. The zero-order valence-electron chi connectivity index (χ0n) is 15.6. The minimum Gasteiger partial charge on any atom is -0.486 e. The Balaban J connectivity index is 1.45. The Morgan fingerprint density at radius 2 is 1.79 bits per heavy atom. The molecule has 0 bridgehead atoms. The zero-order valence-corrected chi connectivity index (χ0v) is 18.0. The number of carbonyl (C=O) groups excluding carboxylic acids is 1. The van der Waals surface area contributed by atoms with Gasteiger partial charge in [-0.25, -0.2) is 8.42 Å². The van der Waals surface area contributed by atoms with Gasteiger partial charge in [-0.05, 0) is 49.2 Å². The molecule has 1 fully saturated rings. The summed E-state index contributed by atoms with van der Waals surface area (Å²) in [6.07, 6.45) is 1.28. The van der Waals surface area contributed by atoms with Crippen molar-refractivity contribution in [2.45, 2.75) is 17.7 Å². The van der Waals surface area contributed by atoms with Gasteiger partial charge in [-0.2, -0.15) is 4.31 Å². The molecule has 29 heavy (non-hydrogen) atoms. The third kappa shape index (κ3) is 4.41. The number of carbonyl (C=O) groups is 1. The van der Waals surface area contributed by atoms with E-state index in [4.69, 9.17) is 9.47 Å². The molecule has 0 saturated carbocycles. The van der Waals surface area contributed by atoms with Crippen molar-refractivity contribution in [3.63, 3.8) is 0 Å². The SMILES string of the molecule is O=C(Nc1ccc2c(c1)OCCO2)[C@H]1CCCN(S(=O)(=O)c2ccc(Br)cc2)C1. The predicted molar refractivity (Wildman–Crippen MR) is 112 cm³/mol. The number of amides is 1. The van der Waals surface area contributed by atoms with Crippen molar-refractivity contribution in [1.82, 2.24) is 4.31 Å². The topological polar surface area (TPSA) is 84.9 Å². The number of hydrogen-bond donors (Lipinski definition) is 1. The summed E-state index contributed by atoms with van der Waals surface area (Å²) in [5, 5.41) is 2.88. The molecule has 2 heterocycles. The largest absolute Gasteiger partial charge is 0.486 e. The van der Waals surface area contributed by atoms with Crippen molar-refractivity contribution in [2.75, 3.05) is 31.6 Å². The van der Waals surface area contributed by atoms with Crippen LogP contribution in [0.15, 0.2) is 51.8 Å². The summed E-state index contributed by atoms with van der Waals surface area (Å²) in [5.74, 6) is 0.635. The first kappa shape index (κ1) is 20.2. The molecule has 1 N–H and O–H groups in total. The number of nitrogens with zero attached hydrogens (tertiary/aromatic N) is 1. The molecule has 1 saturated heterocycles. The first-order chi connectivity index (χ1) is 13.9. The van der Waals surface area contributed by atoms with Gasteiger partial charge >= 0.3 is 0 Å². The van der Waals surface area contributed by atoms with Crippen LogP contribution in [0.3, 0.4) is 0 Å². The molecule has 1 amide bonds. The Hall–Kier alpha value is -2.10. The number of nitrogens with one attached hydrogen (secondary N) is 1. The normalized spacial score (nSPS) is 19.6. The van der Waals surface area contributed by atoms with Gasteiger partial charge in [0.05, 0.1) is 10.8 Å². The summed E-state index contributed by atoms with van der Waals surface area (Å²) < 4.78 is 39.1. The fourth-order valence-electron chi connectivity index (χ4n) is 3.50. The molecule has 0 spiro atoms. The number of hydrogen-bond acceptors (Lipinski definition) is 5. The van der Waals surface area contributed by atoms with Crippen LogP contribution >= 0.6 is 15.9 Å². The highest BCUT2D eigenvalue weighted by molar-refractivity contribution is 9.10. The van der Waals surface area contributed by atoms with E-state index < -0.39 is 15.9 Å². The van der Waals surface area contributed by atoms with Crippen LogP contribution in [0, 0.1) is 5.92 Å². The van der Waals surface area contributed by atoms with Crippen molar-refractivity contribution in [3.05, 3.63) is 46.9 Å². The van der Waals surface area contributed by atoms with Crippen molar-refractivity contribution in [1.29, 1.82) is 0 Å². The van der Waals surface area contributed by atoms with Crippen molar-refractivity contribution < 1.29 is 22.7 Å². The molecule has 7 nitrogen and oxygen atoms in total. The van der Waals surface area contributed by atoms with Gasteiger partial charge in [0.1, 0.15) is 13.2 Å². The summed E-state index contributed by atoms with van der Waals surface area (Å²) in [6.45, 7) is 1.54. The maximum Gasteiger partial charge on any atom is 0.243 e. The third-order valence-electron chi connectivity index (χ3n) is 5.02. The molecule has 2 aromatic rings. The van der Waals surface area contributed by atoms with Gasteiger partial charge in [0.25, 0.3) is 0 Å². The molecule has 4 rings (SSSR count). The van der Waals surface area contributed by atoms with Crippen molar-refractivity contribution in [3.8, 4) is 11.5 Å². The lowest BCUT2D eigenvalue weighted by Crippen LogP contribution is -2.43. The average Bonchev–Trinajstić information content (AvgIpc) is 2.74. The van der Waals surface area contributed by atoms with Gasteiger partial charge in [0, 0.05) is 29.3 Å². The van der Waals surface area contributed by atoms with Crippen LogP contribution < -0.4 is 14.8 Å². The van der Waals surface area contributed by atoms with Crippen molar-refractivity contribution in [2.24, 2.45) is 5.92 Å². The van der Waals surface area contributed by atoms with E-state index in [1.165, 1.54) is 4.31 Å². The molecular weight excluding hydrogens is 460 g/mol. The van der Waals surface area contributed by atoms with Gasteiger partial charge in [-0.3, -0.25) is 4.79 Å². The summed E-state index contributed by atoms with van der Waals surface area (Å²) in [4.78, 5) is 13.0. The molecular formula is C20H21BrN2O5S. The second-order valence-electron chi connectivity index (χ2n) is 7.00. The molecule has 0 radical (unpaired) electrons. The quantitative estimate of drug-likeness (QED) is 0.725. The second-order valence-corrected chi connectivity index (χ2v) is 9.86. The van der Waals surface area contributed by atoms with Gasteiger partial charge < -0.3 is 14.8 Å². The molecule has 0 aromatic heterocycles. The van der Waals surface area contributed by atoms with E-state index in [1.54, 1.807) is 42.5 Å². The average molecular weight is 481 g/mol. The Morgan fingerprint density at radius 1 is 1.07 bits per heavy atom. The highest BCUT2D eigenvalue weighted by Crippen LogP contribution is 2.33. The van der Waals surface area contributed by atoms with Crippen LogP contribution in [0.25, 0.3) is 0 Å². The highest BCUT2D eigenvalue weighted by atomic mass is 79.9. The van der Waals surface area contributed by atoms with E-state index in [0.717, 1.165) is 4.47 Å². The number of benzene rings is 2. The van der Waals surface area contributed by atoms with E-state index in [1.807, 2.05) is 0 Å². The smallest absolute Gasteiger partial charge is 0.243 e. The van der Waals surface area contributed by atoms with Crippen LogP contribution in [0.4, 0.5) is 5.69 Å². The van der Waals surface area contributed by atoms with Gasteiger partial charge in [-0.1, -0.05) is 15.9 Å². The number of sulfonamides is 1. The lowest BCUT2D eigenvalue weighted by molar-refractivity contribution is -0.120. The van der Waals surface area contributed by atoms with Gasteiger partial charge in [0.15, 0.2) is 11.5 Å². The number of piperidine rings is 1. The van der Waals surface area contributed by atoms with Crippen LogP contribution in [0.1, 0.15) is 12.8 Å². The standard InChI is InChI=1S/C20H21BrN2O5S/c21-15-3-6-17(7-4-15)29(25,26)23-9-1-2-14(13-23)20(24)22-16-5-8-18-19(12-16)28-11-10-27-18/h3-8,12,14H,1-2,9-11,13H2,(H,22,24)/t14-/m0/s1. The molecule has 1 atom stereocenters. The van der Waals surface area contributed by atoms with Crippen LogP contribution in [-0.2, 0) is 14.8 Å². The predicted octanol–water partition coefficient (Wildman–Crippen LogP) is 3.26. The van der Waals surface area contributed by atoms with Crippen LogP contribution in [-0.4, -0.2) is 44.9 Å². The minimum atomic E-state index is -3.63. The second kappa shape index (κ2) is 8.33. The fraction of sp³-hybridized carbons (Fsp3) is 0.350. The molecule has 2 aliphatic rings. The third-order valence-corrected chi connectivity index (χ3v) is 7.42. The Labute approximate surface area is 178 Å². The van der Waals surface area contributed by atoms with E-state index in [-0.39, 0.29) is 17.3 Å². The van der Waals surface area contributed by atoms with Gasteiger partial charge in [-0.15, -0.1) is 0 Å². The van der Waals surface area contributed by atoms with Crippen molar-refractivity contribution >= 4 is 37.5 Å². The first-order valence-electron chi connectivity index (χ1n) is 9.40. The number of rotatable bonds is 4. The molecule has 2 aromatic carbocycles. The van der Waals surface area contributed by atoms with Crippen LogP contribution in [0.2, 0.25) is 0 Å². The highest BCUT2D eigenvalue weighted by Gasteiger charge is 2.33. The number of anilines is 1. The number of fused-ring (bicyclic) bond motifs is 1.